The monoisotopic (exact) mass is 348 g/mol. The number of para-hydroxylation sites is 2. The largest absolute Gasteiger partial charge is 0.495 e. The number of benzene rings is 2. The molecule has 0 atom stereocenters. The lowest BCUT2D eigenvalue weighted by molar-refractivity contribution is 0.0948. The van der Waals surface area contributed by atoms with Crippen LogP contribution in [-0.4, -0.2) is 29.8 Å². The summed E-state index contributed by atoms with van der Waals surface area (Å²) in [6.07, 6.45) is 0.771. The van der Waals surface area contributed by atoms with E-state index in [4.69, 9.17) is 4.74 Å². The SMILES string of the molecule is COc1ccccc1Nc1ccc(C(=O)NCCc2ccccc2)nn1. The van der Waals surface area contributed by atoms with Crippen LogP contribution < -0.4 is 15.4 Å². The fraction of sp³-hybridized carbons (Fsp3) is 0.150. The Morgan fingerprint density at radius 2 is 1.73 bits per heavy atom. The maximum Gasteiger partial charge on any atom is 0.271 e. The van der Waals surface area contributed by atoms with Crippen LogP contribution in [0.4, 0.5) is 11.5 Å². The van der Waals surface area contributed by atoms with Crippen LogP contribution in [-0.2, 0) is 6.42 Å². The van der Waals surface area contributed by atoms with Crippen LogP contribution >= 0.6 is 0 Å². The molecule has 132 valence electrons. The van der Waals surface area contributed by atoms with Gasteiger partial charge in [0.2, 0.25) is 0 Å². The van der Waals surface area contributed by atoms with Gasteiger partial charge in [0.1, 0.15) is 5.75 Å². The van der Waals surface area contributed by atoms with Crippen molar-refractivity contribution in [3.8, 4) is 5.75 Å². The van der Waals surface area contributed by atoms with Crippen molar-refractivity contribution in [1.82, 2.24) is 15.5 Å². The molecule has 0 saturated heterocycles. The number of methoxy groups -OCH3 is 1. The Labute approximate surface area is 152 Å². The number of carbonyl (C=O) groups is 1. The third-order valence-corrected chi connectivity index (χ3v) is 3.81. The minimum Gasteiger partial charge on any atom is -0.495 e. The lowest BCUT2D eigenvalue weighted by atomic mass is 10.1. The van der Waals surface area contributed by atoms with Gasteiger partial charge >= 0.3 is 0 Å². The molecule has 0 saturated carbocycles. The Bertz CT molecular complexity index is 851. The maximum absolute atomic E-state index is 12.2. The van der Waals surface area contributed by atoms with Crippen molar-refractivity contribution < 1.29 is 9.53 Å². The number of nitrogens with one attached hydrogen (secondary N) is 2. The van der Waals surface area contributed by atoms with Gasteiger partial charge < -0.3 is 15.4 Å². The van der Waals surface area contributed by atoms with E-state index >= 15 is 0 Å². The molecule has 3 rings (SSSR count). The van der Waals surface area contributed by atoms with Gasteiger partial charge in [-0.1, -0.05) is 42.5 Å². The Morgan fingerprint density at radius 1 is 0.962 bits per heavy atom. The van der Waals surface area contributed by atoms with Crippen molar-refractivity contribution >= 4 is 17.4 Å². The number of amides is 1. The van der Waals surface area contributed by atoms with Crippen LogP contribution in [0.1, 0.15) is 16.1 Å². The molecule has 2 N–H and O–H groups in total. The zero-order chi connectivity index (χ0) is 18.2. The first-order valence-corrected chi connectivity index (χ1v) is 8.32. The fourth-order valence-corrected chi connectivity index (χ4v) is 2.46. The Morgan fingerprint density at radius 3 is 2.46 bits per heavy atom. The maximum atomic E-state index is 12.2. The Kier molecular flexibility index (Phi) is 5.77. The predicted molar refractivity (Wildman–Crippen MR) is 101 cm³/mol. The van der Waals surface area contributed by atoms with Crippen molar-refractivity contribution in [1.29, 1.82) is 0 Å². The molecule has 0 aliphatic rings. The summed E-state index contributed by atoms with van der Waals surface area (Å²) in [5, 5.41) is 14.0. The second kappa shape index (κ2) is 8.62. The topological polar surface area (TPSA) is 76.1 Å². The van der Waals surface area contributed by atoms with E-state index < -0.39 is 0 Å². The Hall–Kier alpha value is -3.41. The van der Waals surface area contributed by atoms with Gasteiger partial charge in [-0.25, -0.2) is 0 Å². The first-order chi connectivity index (χ1) is 12.8. The molecule has 1 heterocycles. The van der Waals surface area contributed by atoms with E-state index in [1.165, 1.54) is 5.56 Å². The number of aromatic nitrogens is 2. The Balaban J connectivity index is 1.56. The fourth-order valence-electron chi connectivity index (χ4n) is 2.46. The first kappa shape index (κ1) is 17.4. The smallest absolute Gasteiger partial charge is 0.271 e. The molecule has 1 amide bonds. The zero-order valence-electron chi connectivity index (χ0n) is 14.5. The van der Waals surface area contributed by atoms with E-state index in [2.05, 4.69) is 20.8 Å². The molecule has 3 aromatic rings. The van der Waals surface area contributed by atoms with Crippen molar-refractivity contribution in [2.45, 2.75) is 6.42 Å². The summed E-state index contributed by atoms with van der Waals surface area (Å²) in [6.45, 7) is 0.547. The van der Waals surface area contributed by atoms with E-state index in [9.17, 15) is 4.79 Å². The van der Waals surface area contributed by atoms with Crippen LogP contribution in [0.3, 0.4) is 0 Å². The number of carbonyl (C=O) groups excluding carboxylic acids is 1. The molecule has 6 nitrogen and oxygen atoms in total. The number of rotatable bonds is 7. The summed E-state index contributed by atoms with van der Waals surface area (Å²) in [7, 11) is 1.61. The highest BCUT2D eigenvalue weighted by molar-refractivity contribution is 5.92. The number of ether oxygens (including phenoxy) is 1. The van der Waals surface area contributed by atoms with Gasteiger partial charge in [-0.2, -0.15) is 0 Å². The van der Waals surface area contributed by atoms with Crippen LogP contribution in [0.15, 0.2) is 66.7 Å². The second-order valence-electron chi connectivity index (χ2n) is 5.62. The van der Waals surface area contributed by atoms with E-state index in [1.54, 1.807) is 19.2 Å². The van der Waals surface area contributed by atoms with Gasteiger partial charge in [-0.05, 0) is 36.2 Å². The summed E-state index contributed by atoms with van der Waals surface area (Å²) >= 11 is 0. The van der Waals surface area contributed by atoms with E-state index in [0.717, 1.165) is 12.1 Å². The molecular weight excluding hydrogens is 328 g/mol. The second-order valence-corrected chi connectivity index (χ2v) is 5.62. The van der Waals surface area contributed by atoms with Crippen LogP contribution in [0, 0.1) is 0 Å². The molecule has 0 aliphatic heterocycles. The number of hydrogen-bond donors (Lipinski definition) is 2. The summed E-state index contributed by atoms with van der Waals surface area (Å²) < 4.78 is 5.29. The van der Waals surface area contributed by atoms with Crippen molar-refractivity contribution in [2.75, 3.05) is 19.0 Å². The summed E-state index contributed by atoms with van der Waals surface area (Å²) in [5.74, 6) is 1.00. The standard InChI is InChI=1S/C20H20N4O2/c1-26-18-10-6-5-9-16(18)22-19-12-11-17(23-24-19)20(25)21-14-13-15-7-3-2-4-8-15/h2-12H,13-14H2,1H3,(H,21,25)(H,22,24). The third kappa shape index (κ3) is 4.57. The van der Waals surface area contributed by atoms with Crippen LogP contribution in [0.5, 0.6) is 5.75 Å². The predicted octanol–water partition coefficient (Wildman–Crippen LogP) is 3.20. The molecule has 26 heavy (non-hydrogen) atoms. The minimum absolute atomic E-state index is 0.239. The lowest BCUT2D eigenvalue weighted by Gasteiger charge is -2.10. The first-order valence-electron chi connectivity index (χ1n) is 8.32. The van der Waals surface area contributed by atoms with E-state index in [1.807, 2.05) is 54.6 Å². The normalized spacial score (nSPS) is 10.2. The van der Waals surface area contributed by atoms with Gasteiger partial charge in [0.25, 0.3) is 5.91 Å². The van der Waals surface area contributed by atoms with E-state index in [0.29, 0.717) is 18.1 Å². The highest BCUT2D eigenvalue weighted by Crippen LogP contribution is 2.25. The molecule has 2 aromatic carbocycles. The molecule has 1 aromatic heterocycles. The molecule has 0 radical (unpaired) electrons. The van der Waals surface area contributed by atoms with Crippen LogP contribution in [0.25, 0.3) is 0 Å². The van der Waals surface area contributed by atoms with Gasteiger partial charge in [0, 0.05) is 6.54 Å². The highest BCUT2D eigenvalue weighted by Gasteiger charge is 2.09. The third-order valence-electron chi connectivity index (χ3n) is 3.81. The molecular formula is C20H20N4O2. The van der Waals surface area contributed by atoms with Gasteiger partial charge in [0.15, 0.2) is 11.5 Å². The summed E-state index contributed by atoms with van der Waals surface area (Å²) in [4.78, 5) is 12.2. The molecule has 0 bridgehead atoms. The van der Waals surface area contributed by atoms with Crippen molar-refractivity contribution in [2.24, 2.45) is 0 Å². The minimum atomic E-state index is -0.239. The van der Waals surface area contributed by atoms with Crippen LogP contribution in [0.2, 0.25) is 0 Å². The van der Waals surface area contributed by atoms with Gasteiger partial charge in [-0.3, -0.25) is 4.79 Å². The zero-order valence-corrected chi connectivity index (χ0v) is 14.5. The molecule has 0 unspecified atom stereocenters. The molecule has 0 aliphatic carbocycles. The number of nitrogens with zero attached hydrogens (tertiary/aromatic N) is 2. The van der Waals surface area contributed by atoms with Gasteiger partial charge in [0.05, 0.1) is 12.8 Å². The van der Waals surface area contributed by atoms with Gasteiger partial charge in [-0.15, -0.1) is 10.2 Å². The van der Waals surface area contributed by atoms with Crippen molar-refractivity contribution in [3.63, 3.8) is 0 Å². The average Bonchev–Trinajstić information content (AvgIpc) is 2.70. The average molecular weight is 348 g/mol. The summed E-state index contributed by atoms with van der Waals surface area (Å²) in [5.41, 5.74) is 2.24. The molecule has 0 fully saturated rings. The van der Waals surface area contributed by atoms with Crippen molar-refractivity contribution in [3.05, 3.63) is 78.0 Å². The molecule has 0 spiro atoms. The van der Waals surface area contributed by atoms with E-state index in [-0.39, 0.29) is 11.6 Å². The number of hydrogen-bond acceptors (Lipinski definition) is 5. The molecule has 6 heteroatoms. The summed E-state index contributed by atoms with van der Waals surface area (Å²) in [6, 6.07) is 20.9. The lowest BCUT2D eigenvalue weighted by Crippen LogP contribution is -2.26. The highest BCUT2D eigenvalue weighted by atomic mass is 16.5. The quantitative estimate of drug-likeness (QED) is 0.686. The number of anilines is 2.